The fourth-order valence-electron chi connectivity index (χ4n) is 2.39. The molecule has 1 saturated heterocycles. The van der Waals surface area contributed by atoms with Crippen LogP contribution in [0.15, 0.2) is 47.4 Å². The second-order valence-electron chi connectivity index (χ2n) is 5.30. The van der Waals surface area contributed by atoms with E-state index >= 15 is 0 Å². The number of carbonyl (C=O) groups is 2. The average molecular weight is 387 g/mol. The van der Waals surface area contributed by atoms with Gasteiger partial charge in [0.2, 0.25) is 0 Å². The average Bonchev–Trinajstić information content (AvgIpc) is 2.89. The highest BCUT2D eigenvalue weighted by atomic mass is 32.2. The molecule has 2 aromatic rings. The number of carboxylic acids is 1. The number of ether oxygens (including phenoxy) is 1. The minimum Gasteiger partial charge on any atom is -0.504 e. The van der Waals surface area contributed by atoms with Crippen molar-refractivity contribution in [2.24, 2.45) is 0 Å². The van der Waals surface area contributed by atoms with Crippen LogP contribution in [-0.2, 0) is 4.79 Å². The number of phenols is 1. The number of amides is 1. The van der Waals surface area contributed by atoms with Gasteiger partial charge in [0.15, 0.2) is 15.8 Å². The third kappa shape index (κ3) is 3.42. The van der Waals surface area contributed by atoms with Crippen molar-refractivity contribution in [1.82, 2.24) is 0 Å². The lowest BCUT2D eigenvalue weighted by Gasteiger charge is -2.14. The number of carboxylic acid groups (broad SMARTS) is 1. The predicted molar refractivity (Wildman–Crippen MR) is 104 cm³/mol. The molecule has 26 heavy (non-hydrogen) atoms. The Labute approximate surface area is 158 Å². The minimum atomic E-state index is -1.04. The Morgan fingerprint density at radius 3 is 2.50 bits per heavy atom. The first-order valence-corrected chi connectivity index (χ1v) is 8.61. The van der Waals surface area contributed by atoms with Gasteiger partial charge in [-0.25, -0.2) is 4.79 Å². The zero-order valence-electron chi connectivity index (χ0n) is 13.5. The van der Waals surface area contributed by atoms with Crippen LogP contribution < -0.4 is 9.64 Å². The van der Waals surface area contributed by atoms with Gasteiger partial charge in [0.1, 0.15) is 0 Å². The van der Waals surface area contributed by atoms with Crippen molar-refractivity contribution in [3.05, 3.63) is 58.5 Å². The van der Waals surface area contributed by atoms with E-state index in [0.29, 0.717) is 26.2 Å². The number of methoxy groups -OCH3 is 1. The quantitative estimate of drug-likeness (QED) is 0.613. The fourth-order valence-corrected chi connectivity index (χ4v) is 3.69. The summed E-state index contributed by atoms with van der Waals surface area (Å²) >= 11 is 6.42. The molecule has 0 saturated carbocycles. The van der Waals surface area contributed by atoms with E-state index in [1.165, 1.54) is 42.3 Å². The summed E-state index contributed by atoms with van der Waals surface area (Å²) in [5.41, 5.74) is 1.26. The monoisotopic (exact) mass is 387 g/mol. The Bertz CT molecular complexity index is 937. The molecule has 6 nitrogen and oxygen atoms in total. The number of phenolic OH excluding ortho intramolecular Hbond substituents is 1. The molecule has 0 radical (unpaired) electrons. The van der Waals surface area contributed by atoms with Crippen LogP contribution in [0.1, 0.15) is 15.9 Å². The Balaban J connectivity index is 1.88. The van der Waals surface area contributed by atoms with Crippen LogP contribution in [0.5, 0.6) is 11.5 Å². The molecule has 1 heterocycles. The molecule has 1 amide bonds. The molecule has 0 atom stereocenters. The maximum absolute atomic E-state index is 12.7. The van der Waals surface area contributed by atoms with Crippen LogP contribution in [0.3, 0.4) is 0 Å². The van der Waals surface area contributed by atoms with Gasteiger partial charge in [0, 0.05) is 0 Å². The number of aromatic carboxylic acids is 1. The second kappa shape index (κ2) is 7.19. The van der Waals surface area contributed by atoms with Crippen LogP contribution in [0.2, 0.25) is 0 Å². The van der Waals surface area contributed by atoms with Crippen LogP contribution in [0.4, 0.5) is 5.69 Å². The number of carbonyl (C=O) groups excluding carboxylic acids is 1. The molecular weight excluding hydrogens is 374 g/mol. The number of rotatable bonds is 4. The first kappa shape index (κ1) is 18.0. The summed E-state index contributed by atoms with van der Waals surface area (Å²) in [5, 5.41) is 18.8. The van der Waals surface area contributed by atoms with Crippen molar-refractivity contribution in [3.8, 4) is 11.5 Å². The molecule has 2 N–H and O–H groups in total. The fraction of sp³-hybridized carbons (Fsp3) is 0.0556. The number of hydrogen-bond acceptors (Lipinski definition) is 6. The topological polar surface area (TPSA) is 87.1 Å². The molecule has 0 unspecified atom stereocenters. The number of benzene rings is 2. The van der Waals surface area contributed by atoms with Gasteiger partial charge in [-0.2, -0.15) is 0 Å². The van der Waals surface area contributed by atoms with Gasteiger partial charge in [-0.05, 0) is 48.0 Å². The van der Waals surface area contributed by atoms with E-state index in [1.54, 1.807) is 18.2 Å². The lowest BCUT2D eigenvalue weighted by Crippen LogP contribution is -2.27. The Kier molecular flexibility index (Phi) is 4.97. The Morgan fingerprint density at radius 2 is 1.92 bits per heavy atom. The van der Waals surface area contributed by atoms with E-state index in [9.17, 15) is 14.7 Å². The SMILES string of the molecule is COc1ccc(/C=C2\SC(=S)N(c3ccc(C(=O)O)cc3)C2=O)cc1O. The van der Waals surface area contributed by atoms with E-state index in [0.717, 1.165) is 11.8 Å². The van der Waals surface area contributed by atoms with Gasteiger partial charge in [-0.3, -0.25) is 9.69 Å². The molecule has 1 fully saturated rings. The maximum Gasteiger partial charge on any atom is 0.335 e. The molecule has 132 valence electrons. The van der Waals surface area contributed by atoms with Crippen molar-refractivity contribution < 1.29 is 24.5 Å². The number of aromatic hydroxyl groups is 1. The standard InChI is InChI=1S/C18H13NO5S2/c1-24-14-7-2-10(8-13(14)20)9-15-16(21)19(18(25)26-15)12-5-3-11(4-6-12)17(22)23/h2-9,20H,1H3,(H,22,23)/b15-9-. The highest BCUT2D eigenvalue weighted by Crippen LogP contribution is 2.37. The van der Waals surface area contributed by atoms with Crippen LogP contribution >= 0.6 is 24.0 Å². The molecule has 1 aliphatic heterocycles. The van der Waals surface area contributed by atoms with Gasteiger partial charge in [-0.15, -0.1) is 0 Å². The zero-order valence-corrected chi connectivity index (χ0v) is 15.1. The van der Waals surface area contributed by atoms with Gasteiger partial charge >= 0.3 is 5.97 Å². The van der Waals surface area contributed by atoms with Crippen LogP contribution in [0, 0.1) is 0 Å². The van der Waals surface area contributed by atoms with E-state index in [1.807, 2.05) is 0 Å². The van der Waals surface area contributed by atoms with Crippen LogP contribution in [0.25, 0.3) is 6.08 Å². The van der Waals surface area contributed by atoms with E-state index < -0.39 is 5.97 Å². The molecule has 0 spiro atoms. The van der Waals surface area contributed by atoms with E-state index in [-0.39, 0.29) is 17.2 Å². The number of thioether (sulfide) groups is 1. The van der Waals surface area contributed by atoms with Gasteiger partial charge in [0.25, 0.3) is 5.91 Å². The number of hydrogen-bond donors (Lipinski definition) is 2. The van der Waals surface area contributed by atoms with Crippen molar-refractivity contribution in [2.45, 2.75) is 0 Å². The molecular formula is C18H13NO5S2. The van der Waals surface area contributed by atoms with Gasteiger partial charge in [0.05, 0.1) is 23.3 Å². The Morgan fingerprint density at radius 1 is 1.23 bits per heavy atom. The minimum absolute atomic E-state index is 0.0269. The molecule has 0 bridgehead atoms. The predicted octanol–water partition coefficient (Wildman–Crippen LogP) is 3.50. The van der Waals surface area contributed by atoms with Crippen molar-refractivity contribution >= 4 is 51.9 Å². The van der Waals surface area contributed by atoms with Crippen molar-refractivity contribution in [1.29, 1.82) is 0 Å². The molecule has 3 rings (SSSR count). The largest absolute Gasteiger partial charge is 0.504 e. The third-order valence-corrected chi connectivity index (χ3v) is 4.97. The summed E-state index contributed by atoms with van der Waals surface area (Å²) in [5.74, 6) is -1.03. The molecule has 0 aromatic heterocycles. The van der Waals surface area contributed by atoms with Gasteiger partial charge in [-0.1, -0.05) is 30.0 Å². The number of nitrogens with zero attached hydrogens (tertiary/aromatic N) is 1. The lowest BCUT2D eigenvalue weighted by molar-refractivity contribution is -0.113. The summed E-state index contributed by atoms with van der Waals surface area (Å²) in [6.45, 7) is 0. The second-order valence-corrected chi connectivity index (χ2v) is 6.98. The van der Waals surface area contributed by atoms with Crippen LogP contribution in [-0.4, -0.2) is 33.5 Å². The summed E-state index contributed by atoms with van der Waals surface area (Å²) < 4.78 is 5.34. The van der Waals surface area contributed by atoms with Crippen molar-refractivity contribution in [2.75, 3.05) is 12.0 Å². The van der Waals surface area contributed by atoms with Gasteiger partial charge < -0.3 is 14.9 Å². The summed E-state index contributed by atoms with van der Waals surface area (Å²) in [6, 6.07) is 10.7. The molecule has 8 heteroatoms. The van der Waals surface area contributed by atoms with Crippen molar-refractivity contribution in [3.63, 3.8) is 0 Å². The summed E-state index contributed by atoms with van der Waals surface area (Å²) in [4.78, 5) is 25.4. The summed E-state index contributed by atoms with van der Waals surface area (Å²) in [6.07, 6.45) is 1.63. The summed E-state index contributed by atoms with van der Waals surface area (Å²) in [7, 11) is 1.45. The highest BCUT2D eigenvalue weighted by Gasteiger charge is 2.33. The highest BCUT2D eigenvalue weighted by molar-refractivity contribution is 8.27. The smallest absolute Gasteiger partial charge is 0.335 e. The molecule has 0 aliphatic carbocycles. The number of anilines is 1. The first-order valence-electron chi connectivity index (χ1n) is 7.39. The molecule has 2 aromatic carbocycles. The number of thiocarbonyl (C=S) groups is 1. The zero-order chi connectivity index (χ0) is 18.8. The first-order chi connectivity index (χ1) is 12.4. The maximum atomic E-state index is 12.7. The molecule has 1 aliphatic rings. The third-order valence-electron chi connectivity index (χ3n) is 3.67. The lowest BCUT2D eigenvalue weighted by atomic mass is 10.1. The Hall–Kier alpha value is -2.84. The van der Waals surface area contributed by atoms with E-state index in [4.69, 9.17) is 22.1 Å². The van der Waals surface area contributed by atoms with E-state index in [2.05, 4.69) is 0 Å². The normalized spacial score (nSPS) is 15.6.